The minimum atomic E-state index is -0.0755. The van der Waals surface area contributed by atoms with Gasteiger partial charge in [-0.1, -0.05) is 24.3 Å². The number of carbonyl (C=O) groups is 1. The first-order valence-electron chi connectivity index (χ1n) is 9.83. The van der Waals surface area contributed by atoms with E-state index >= 15 is 0 Å². The molecular weight excluding hydrogens is 362 g/mol. The summed E-state index contributed by atoms with van der Waals surface area (Å²) < 4.78 is 1.62. The van der Waals surface area contributed by atoms with Gasteiger partial charge in [0.2, 0.25) is 0 Å². The number of amides is 1. The zero-order valence-corrected chi connectivity index (χ0v) is 17.0. The number of fused-ring (bicyclic) bond motifs is 1. The molecule has 2 N–H and O–H groups in total. The number of aromatic amines is 1. The van der Waals surface area contributed by atoms with Gasteiger partial charge in [-0.15, -0.1) is 0 Å². The molecule has 6 heteroatoms. The molecule has 0 aliphatic rings. The van der Waals surface area contributed by atoms with Gasteiger partial charge in [-0.2, -0.15) is 10.2 Å². The molecule has 2 aromatic carbocycles. The second-order valence-electron chi connectivity index (χ2n) is 7.48. The molecule has 6 nitrogen and oxygen atoms in total. The molecule has 148 valence electrons. The number of H-pyrrole nitrogens is 1. The van der Waals surface area contributed by atoms with Crippen LogP contribution in [0, 0.1) is 13.8 Å². The van der Waals surface area contributed by atoms with Crippen molar-refractivity contribution in [2.75, 3.05) is 6.54 Å². The lowest BCUT2D eigenvalue weighted by molar-refractivity contribution is 0.0944. The maximum atomic E-state index is 12.2. The average molecular weight is 387 g/mol. The second-order valence-corrected chi connectivity index (χ2v) is 7.48. The van der Waals surface area contributed by atoms with Gasteiger partial charge < -0.3 is 5.32 Å². The predicted octanol–water partition coefficient (Wildman–Crippen LogP) is 3.94. The van der Waals surface area contributed by atoms with Gasteiger partial charge in [-0.05, 0) is 67.1 Å². The van der Waals surface area contributed by atoms with Crippen LogP contribution in [-0.4, -0.2) is 32.4 Å². The Balaban J connectivity index is 1.33. The predicted molar refractivity (Wildman–Crippen MR) is 115 cm³/mol. The van der Waals surface area contributed by atoms with Crippen LogP contribution < -0.4 is 5.32 Å². The Bertz CT molecular complexity index is 1150. The monoisotopic (exact) mass is 387 g/mol. The first-order valence-corrected chi connectivity index (χ1v) is 9.83. The van der Waals surface area contributed by atoms with Crippen molar-refractivity contribution >= 4 is 16.8 Å². The zero-order chi connectivity index (χ0) is 20.4. The molecule has 0 saturated carbocycles. The van der Waals surface area contributed by atoms with Gasteiger partial charge >= 0.3 is 0 Å². The molecule has 2 aromatic heterocycles. The van der Waals surface area contributed by atoms with Crippen molar-refractivity contribution in [3.8, 4) is 11.1 Å². The van der Waals surface area contributed by atoms with Gasteiger partial charge in [0, 0.05) is 19.0 Å². The van der Waals surface area contributed by atoms with E-state index in [1.807, 2.05) is 13.1 Å². The Morgan fingerprint density at radius 3 is 2.62 bits per heavy atom. The molecule has 0 bridgehead atoms. The van der Waals surface area contributed by atoms with Crippen LogP contribution >= 0.6 is 0 Å². The number of carbonyl (C=O) groups excluding carboxylic acids is 1. The summed E-state index contributed by atoms with van der Waals surface area (Å²) in [6.07, 6.45) is 3.67. The molecule has 0 aliphatic carbocycles. The number of hydrogen-bond acceptors (Lipinski definition) is 3. The standard InChI is InChI=1S/C23H25N5O/c1-15-11-19(13-20-14-25-26-22(15)20)18-8-6-17(7-9-18)5-4-10-24-23(29)21-12-16(2)27-28(21)3/h6-9,11-14H,4-5,10H2,1-3H3,(H,24,29)(H,25,26). The largest absolute Gasteiger partial charge is 0.351 e. The Morgan fingerprint density at radius 1 is 1.10 bits per heavy atom. The fourth-order valence-corrected chi connectivity index (χ4v) is 3.67. The number of nitrogens with zero attached hydrogens (tertiary/aromatic N) is 3. The van der Waals surface area contributed by atoms with Crippen molar-refractivity contribution in [3.05, 3.63) is 71.2 Å². The van der Waals surface area contributed by atoms with Gasteiger partial charge in [0.1, 0.15) is 5.69 Å². The first kappa shape index (κ1) is 18.9. The van der Waals surface area contributed by atoms with E-state index in [-0.39, 0.29) is 5.91 Å². The third-order valence-corrected chi connectivity index (χ3v) is 5.20. The van der Waals surface area contributed by atoms with Crippen LogP contribution in [-0.2, 0) is 13.5 Å². The first-order chi connectivity index (χ1) is 14.0. The molecule has 0 spiro atoms. The van der Waals surface area contributed by atoms with Gasteiger partial charge in [-0.3, -0.25) is 14.6 Å². The normalized spacial score (nSPS) is 11.1. The molecular formula is C23H25N5O. The fourth-order valence-electron chi connectivity index (χ4n) is 3.67. The number of aryl methyl sites for hydroxylation is 4. The molecule has 0 aliphatic heterocycles. The number of benzene rings is 2. The number of rotatable bonds is 6. The summed E-state index contributed by atoms with van der Waals surface area (Å²) in [6, 6.07) is 14.8. The summed E-state index contributed by atoms with van der Waals surface area (Å²) in [5.41, 5.74) is 7.38. The van der Waals surface area contributed by atoms with Crippen molar-refractivity contribution < 1.29 is 4.79 Å². The van der Waals surface area contributed by atoms with Crippen LogP contribution in [0.15, 0.2) is 48.7 Å². The van der Waals surface area contributed by atoms with E-state index in [0.29, 0.717) is 12.2 Å². The van der Waals surface area contributed by atoms with Gasteiger partial charge in [0.05, 0.1) is 17.4 Å². The molecule has 0 fully saturated rings. The quantitative estimate of drug-likeness (QED) is 0.492. The van der Waals surface area contributed by atoms with Gasteiger partial charge in [0.15, 0.2) is 0 Å². The van der Waals surface area contributed by atoms with E-state index in [1.54, 1.807) is 17.8 Å². The van der Waals surface area contributed by atoms with Crippen molar-refractivity contribution in [3.63, 3.8) is 0 Å². The maximum Gasteiger partial charge on any atom is 0.269 e. The van der Waals surface area contributed by atoms with Crippen LogP contribution in [0.25, 0.3) is 22.0 Å². The third-order valence-electron chi connectivity index (χ3n) is 5.20. The van der Waals surface area contributed by atoms with E-state index in [0.717, 1.165) is 29.4 Å². The van der Waals surface area contributed by atoms with E-state index in [9.17, 15) is 4.79 Å². The summed E-state index contributed by atoms with van der Waals surface area (Å²) in [5.74, 6) is -0.0755. The minimum absolute atomic E-state index is 0.0755. The number of hydrogen-bond donors (Lipinski definition) is 2. The highest BCUT2D eigenvalue weighted by molar-refractivity contribution is 5.92. The summed E-state index contributed by atoms with van der Waals surface area (Å²) in [7, 11) is 1.79. The highest BCUT2D eigenvalue weighted by atomic mass is 16.2. The fraction of sp³-hybridized carbons (Fsp3) is 0.261. The molecule has 4 rings (SSSR count). The van der Waals surface area contributed by atoms with Crippen LogP contribution in [0.1, 0.15) is 33.7 Å². The summed E-state index contributed by atoms with van der Waals surface area (Å²) in [6.45, 7) is 4.62. The summed E-state index contributed by atoms with van der Waals surface area (Å²) in [4.78, 5) is 12.2. The summed E-state index contributed by atoms with van der Waals surface area (Å²) in [5, 5.41) is 15.5. The minimum Gasteiger partial charge on any atom is -0.351 e. The Hall–Kier alpha value is -3.41. The van der Waals surface area contributed by atoms with Crippen LogP contribution in [0.5, 0.6) is 0 Å². The van der Waals surface area contributed by atoms with Crippen molar-refractivity contribution in [1.82, 2.24) is 25.3 Å². The third kappa shape index (κ3) is 4.06. The van der Waals surface area contributed by atoms with E-state index in [4.69, 9.17) is 0 Å². The van der Waals surface area contributed by atoms with Crippen LogP contribution in [0.4, 0.5) is 0 Å². The Labute approximate surface area is 169 Å². The second kappa shape index (κ2) is 7.91. The maximum absolute atomic E-state index is 12.2. The Kier molecular flexibility index (Phi) is 5.16. The van der Waals surface area contributed by atoms with Crippen molar-refractivity contribution in [2.45, 2.75) is 26.7 Å². The van der Waals surface area contributed by atoms with Crippen molar-refractivity contribution in [2.24, 2.45) is 7.05 Å². The SMILES string of the molecule is Cc1cc(C(=O)NCCCc2ccc(-c3cc(C)c4[nH]ncc4c3)cc2)n(C)n1. The summed E-state index contributed by atoms with van der Waals surface area (Å²) >= 11 is 0. The zero-order valence-electron chi connectivity index (χ0n) is 17.0. The smallest absolute Gasteiger partial charge is 0.269 e. The highest BCUT2D eigenvalue weighted by Gasteiger charge is 2.11. The van der Waals surface area contributed by atoms with Crippen molar-refractivity contribution in [1.29, 1.82) is 0 Å². The lowest BCUT2D eigenvalue weighted by atomic mass is 9.99. The molecule has 0 radical (unpaired) electrons. The van der Waals surface area contributed by atoms with Crippen LogP contribution in [0.3, 0.4) is 0 Å². The molecule has 0 atom stereocenters. The van der Waals surface area contributed by atoms with E-state index in [2.05, 4.69) is 63.9 Å². The van der Waals surface area contributed by atoms with Gasteiger partial charge in [-0.25, -0.2) is 0 Å². The van der Waals surface area contributed by atoms with E-state index in [1.165, 1.54) is 22.3 Å². The molecule has 0 saturated heterocycles. The number of nitrogens with one attached hydrogen (secondary N) is 2. The highest BCUT2D eigenvalue weighted by Crippen LogP contribution is 2.26. The topological polar surface area (TPSA) is 75.6 Å². The lowest BCUT2D eigenvalue weighted by Crippen LogP contribution is -2.26. The Morgan fingerprint density at radius 2 is 1.90 bits per heavy atom. The number of aromatic nitrogens is 4. The molecule has 4 aromatic rings. The van der Waals surface area contributed by atoms with E-state index < -0.39 is 0 Å². The van der Waals surface area contributed by atoms with Crippen LogP contribution in [0.2, 0.25) is 0 Å². The van der Waals surface area contributed by atoms with Gasteiger partial charge in [0.25, 0.3) is 5.91 Å². The average Bonchev–Trinajstić information content (AvgIpc) is 3.31. The lowest BCUT2D eigenvalue weighted by Gasteiger charge is -2.08. The molecule has 1 amide bonds. The molecule has 2 heterocycles. The molecule has 29 heavy (non-hydrogen) atoms. The molecule has 0 unspecified atom stereocenters.